The number of anilines is 1. The zero-order valence-electron chi connectivity index (χ0n) is 16.8. The quantitative estimate of drug-likeness (QED) is 0.572. The highest BCUT2D eigenvalue weighted by molar-refractivity contribution is 7.92. The van der Waals surface area contributed by atoms with Crippen LogP contribution in [0.15, 0.2) is 41.1 Å². The van der Waals surface area contributed by atoms with Gasteiger partial charge in [-0.1, -0.05) is 23.7 Å². The monoisotopic (exact) mass is 464 g/mol. The summed E-state index contributed by atoms with van der Waals surface area (Å²) < 4.78 is 69.1. The van der Waals surface area contributed by atoms with Gasteiger partial charge in [-0.25, -0.2) is 8.42 Å². The van der Waals surface area contributed by atoms with E-state index >= 15 is 0 Å². The third kappa shape index (κ3) is 3.85. The molecule has 3 heterocycles. The number of aryl methyl sites for hydroxylation is 1. The van der Waals surface area contributed by atoms with Gasteiger partial charge in [-0.3, -0.25) is 9.29 Å². The van der Waals surface area contributed by atoms with Crippen LogP contribution in [0.1, 0.15) is 47.9 Å². The van der Waals surface area contributed by atoms with E-state index in [0.717, 1.165) is 5.56 Å². The summed E-state index contributed by atoms with van der Waals surface area (Å²) in [6.07, 6.45) is 0.611. The molecule has 2 aromatic heterocycles. The van der Waals surface area contributed by atoms with E-state index in [-0.39, 0.29) is 23.7 Å². The molecule has 11 heteroatoms. The molecule has 1 fully saturated rings. The number of aromatic nitrogens is 3. The van der Waals surface area contributed by atoms with Crippen LogP contribution in [-0.2, 0) is 29.2 Å². The Morgan fingerprint density at radius 3 is 2.59 bits per heavy atom. The minimum absolute atomic E-state index is 0.0231. The maximum atomic E-state index is 12.8. The van der Waals surface area contributed by atoms with E-state index in [0.29, 0.717) is 23.7 Å². The molecule has 2 aliphatic rings. The van der Waals surface area contributed by atoms with Crippen LogP contribution < -0.4 is 4.31 Å². The van der Waals surface area contributed by atoms with Gasteiger partial charge >= 0.3 is 12.1 Å². The van der Waals surface area contributed by atoms with Gasteiger partial charge in [-0.2, -0.15) is 18.2 Å². The number of halogens is 3. The molecule has 0 N–H and O–H groups in total. The molecule has 168 valence electrons. The first-order valence-electron chi connectivity index (χ1n) is 10.2. The van der Waals surface area contributed by atoms with Crippen molar-refractivity contribution in [2.75, 3.05) is 10.1 Å². The number of hydrogen-bond acceptors (Lipinski definition) is 6. The summed E-state index contributed by atoms with van der Waals surface area (Å²) in [4.78, 5) is 7.55. The zero-order chi connectivity index (χ0) is 22.5. The zero-order valence-corrected chi connectivity index (χ0v) is 17.7. The Hall–Kier alpha value is -2.95. The van der Waals surface area contributed by atoms with Crippen molar-refractivity contribution >= 4 is 15.7 Å². The number of fused-ring (bicyclic) bond motifs is 1. The first kappa shape index (κ1) is 20.9. The van der Waals surface area contributed by atoms with Gasteiger partial charge in [-0.05, 0) is 54.5 Å². The van der Waals surface area contributed by atoms with Crippen LogP contribution in [0.3, 0.4) is 0 Å². The Morgan fingerprint density at radius 1 is 1.16 bits per heavy atom. The minimum atomic E-state index is -4.73. The van der Waals surface area contributed by atoms with Gasteiger partial charge in [0.2, 0.25) is 15.8 Å². The molecule has 0 unspecified atom stereocenters. The van der Waals surface area contributed by atoms with Gasteiger partial charge < -0.3 is 4.52 Å². The third-order valence-corrected chi connectivity index (χ3v) is 7.69. The molecule has 5 rings (SSSR count). The number of alkyl halides is 3. The molecule has 7 nitrogen and oxygen atoms in total. The number of benzene rings is 1. The first-order chi connectivity index (χ1) is 15.2. The topological polar surface area (TPSA) is 89.2 Å². The van der Waals surface area contributed by atoms with Crippen molar-refractivity contribution in [2.24, 2.45) is 0 Å². The smallest absolute Gasteiger partial charge is 0.329 e. The molecule has 0 amide bonds. The molecular weight excluding hydrogens is 445 g/mol. The third-order valence-electron chi connectivity index (χ3n) is 5.97. The van der Waals surface area contributed by atoms with E-state index in [4.69, 9.17) is 0 Å². The minimum Gasteiger partial charge on any atom is -0.329 e. The van der Waals surface area contributed by atoms with Gasteiger partial charge in [-0.15, -0.1) is 0 Å². The molecule has 3 aromatic rings. The number of nitrogens with zero attached hydrogens (tertiary/aromatic N) is 4. The Morgan fingerprint density at radius 2 is 1.97 bits per heavy atom. The van der Waals surface area contributed by atoms with Gasteiger partial charge in [0.25, 0.3) is 0 Å². The van der Waals surface area contributed by atoms with Crippen LogP contribution >= 0.6 is 0 Å². The number of hydrogen-bond donors (Lipinski definition) is 0. The van der Waals surface area contributed by atoms with Crippen molar-refractivity contribution in [1.29, 1.82) is 0 Å². The van der Waals surface area contributed by atoms with Crippen molar-refractivity contribution < 1.29 is 26.1 Å². The molecule has 0 radical (unpaired) electrons. The summed E-state index contributed by atoms with van der Waals surface area (Å²) in [7, 11) is -3.51. The standard InChI is InChI=1S/C21H19F3N4O3S/c22-21(23,24)20-26-19(27-31-20)16-4-6-17(25-11-16)12-28-18-7-5-14(13-2-1-3-13)10-15(18)8-9-32(28,29)30/h4-7,10-11,13H,1-3,8-9,12H2. The molecule has 32 heavy (non-hydrogen) atoms. The predicted octanol–water partition coefficient (Wildman–Crippen LogP) is 4.31. The second-order valence-electron chi connectivity index (χ2n) is 8.05. The second kappa shape index (κ2) is 7.58. The summed E-state index contributed by atoms with van der Waals surface area (Å²) in [5.41, 5.74) is 3.60. The van der Waals surface area contributed by atoms with Gasteiger partial charge in [0, 0.05) is 11.8 Å². The average molecular weight is 464 g/mol. The van der Waals surface area contributed by atoms with Crippen LogP contribution in [0.5, 0.6) is 0 Å². The fraction of sp³-hybridized carbons (Fsp3) is 0.381. The van der Waals surface area contributed by atoms with Crippen molar-refractivity contribution in [3.05, 3.63) is 59.2 Å². The predicted molar refractivity (Wildman–Crippen MR) is 109 cm³/mol. The highest BCUT2D eigenvalue weighted by atomic mass is 32.2. The Kier molecular flexibility index (Phi) is 4.95. The molecule has 0 bridgehead atoms. The SMILES string of the molecule is O=S1(=O)CCc2cc(C3CCC3)ccc2N1Cc1ccc(-c2noc(C(F)(F)F)n2)cn1. The summed E-state index contributed by atoms with van der Waals surface area (Å²) in [6.45, 7) is 0.0262. The summed E-state index contributed by atoms with van der Waals surface area (Å²) in [5, 5.41) is 3.33. The van der Waals surface area contributed by atoms with Crippen LogP contribution in [0.4, 0.5) is 18.9 Å². The summed E-state index contributed by atoms with van der Waals surface area (Å²) in [6, 6.07) is 9.02. The van der Waals surface area contributed by atoms with Crippen LogP contribution in [0.2, 0.25) is 0 Å². The fourth-order valence-electron chi connectivity index (χ4n) is 3.98. The van der Waals surface area contributed by atoms with Gasteiger partial charge in [0.15, 0.2) is 0 Å². The largest absolute Gasteiger partial charge is 0.471 e. The van der Waals surface area contributed by atoms with E-state index in [1.807, 2.05) is 12.1 Å². The molecular formula is C21H19F3N4O3S. The Labute approximate surface area is 182 Å². The van der Waals surface area contributed by atoms with Crippen LogP contribution in [0, 0.1) is 0 Å². The lowest BCUT2D eigenvalue weighted by Crippen LogP contribution is -2.37. The highest BCUT2D eigenvalue weighted by Crippen LogP contribution is 2.40. The molecule has 0 spiro atoms. The van der Waals surface area contributed by atoms with E-state index in [2.05, 4.69) is 25.7 Å². The van der Waals surface area contributed by atoms with Gasteiger partial charge in [0.05, 0.1) is 23.7 Å². The van der Waals surface area contributed by atoms with E-state index < -0.39 is 22.1 Å². The molecule has 0 saturated heterocycles. The van der Waals surface area contributed by atoms with E-state index in [9.17, 15) is 21.6 Å². The van der Waals surface area contributed by atoms with E-state index in [1.165, 1.54) is 41.4 Å². The Bertz CT molecular complexity index is 1250. The lowest BCUT2D eigenvalue weighted by atomic mass is 9.79. The van der Waals surface area contributed by atoms with E-state index in [1.54, 1.807) is 6.07 Å². The average Bonchev–Trinajstić information content (AvgIpc) is 3.20. The maximum Gasteiger partial charge on any atom is 0.471 e. The molecule has 1 saturated carbocycles. The fourth-order valence-corrected chi connectivity index (χ4v) is 5.49. The number of pyridine rings is 1. The number of rotatable bonds is 4. The maximum absolute atomic E-state index is 12.8. The summed E-state index contributed by atoms with van der Waals surface area (Å²) >= 11 is 0. The van der Waals surface area contributed by atoms with Crippen molar-refractivity contribution in [1.82, 2.24) is 15.1 Å². The second-order valence-corrected chi connectivity index (χ2v) is 10.1. The Balaban J connectivity index is 1.39. The lowest BCUT2D eigenvalue weighted by Gasteiger charge is -2.32. The number of sulfonamides is 1. The van der Waals surface area contributed by atoms with Crippen molar-refractivity contribution in [3.63, 3.8) is 0 Å². The molecule has 1 aromatic carbocycles. The van der Waals surface area contributed by atoms with Crippen molar-refractivity contribution in [3.8, 4) is 11.4 Å². The first-order valence-corrected chi connectivity index (χ1v) is 11.8. The molecule has 0 atom stereocenters. The highest BCUT2D eigenvalue weighted by Gasteiger charge is 2.38. The molecule has 1 aliphatic carbocycles. The molecule has 1 aliphatic heterocycles. The van der Waals surface area contributed by atoms with Crippen LogP contribution in [0.25, 0.3) is 11.4 Å². The lowest BCUT2D eigenvalue weighted by molar-refractivity contribution is -0.159. The normalized spacial score (nSPS) is 18.3. The van der Waals surface area contributed by atoms with Crippen molar-refractivity contribution in [2.45, 2.75) is 44.3 Å². The summed E-state index contributed by atoms with van der Waals surface area (Å²) in [5.74, 6) is -1.09. The van der Waals surface area contributed by atoms with Gasteiger partial charge in [0.1, 0.15) is 0 Å². The van der Waals surface area contributed by atoms with Crippen LogP contribution in [-0.4, -0.2) is 29.3 Å².